The zero-order chi connectivity index (χ0) is 13.2. The zero-order valence-corrected chi connectivity index (χ0v) is 10.0. The zero-order valence-electron chi connectivity index (χ0n) is 10.0. The highest BCUT2D eigenvalue weighted by Crippen LogP contribution is 2.19. The quantitative estimate of drug-likeness (QED) is 0.776. The van der Waals surface area contributed by atoms with Crippen LogP contribution in [0.5, 0.6) is 0 Å². The third-order valence-corrected chi connectivity index (χ3v) is 2.96. The molecule has 5 heteroatoms. The SMILES string of the molecule is O=C(O)c1cc2cccnc2n1Cc1ccncc1. The van der Waals surface area contributed by atoms with Crippen LogP contribution in [0.15, 0.2) is 48.9 Å². The molecule has 5 nitrogen and oxygen atoms in total. The topological polar surface area (TPSA) is 68.0 Å². The molecule has 0 saturated heterocycles. The monoisotopic (exact) mass is 253 g/mol. The fraction of sp³-hybridized carbons (Fsp3) is 0.0714. The summed E-state index contributed by atoms with van der Waals surface area (Å²) in [5.41, 5.74) is 1.91. The van der Waals surface area contributed by atoms with E-state index < -0.39 is 5.97 Å². The Morgan fingerprint density at radius 1 is 1.21 bits per heavy atom. The van der Waals surface area contributed by atoms with Gasteiger partial charge in [-0.15, -0.1) is 0 Å². The second-order valence-corrected chi connectivity index (χ2v) is 4.19. The van der Waals surface area contributed by atoms with Gasteiger partial charge in [-0.05, 0) is 35.9 Å². The number of pyridine rings is 2. The fourth-order valence-corrected chi connectivity index (χ4v) is 2.09. The summed E-state index contributed by atoms with van der Waals surface area (Å²) >= 11 is 0. The van der Waals surface area contributed by atoms with Crippen molar-refractivity contribution >= 4 is 17.0 Å². The molecule has 3 rings (SSSR count). The molecule has 0 aliphatic carbocycles. The van der Waals surface area contributed by atoms with E-state index in [1.807, 2.05) is 18.2 Å². The van der Waals surface area contributed by atoms with Crippen molar-refractivity contribution in [3.63, 3.8) is 0 Å². The van der Waals surface area contributed by atoms with Crippen LogP contribution in [0.1, 0.15) is 16.1 Å². The molecule has 0 atom stereocenters. The third-order valence-electron chi connectivity index (χ3n) is 2.96. The minimum atomic E-state index is -0.952. The van der Waals surface area contributed by atoms with Crippen molar-refractivity contribution in [3.05, 3.63) is 60.2 Å². The molecule has 0 aromatic carbocycles. The minimum Gasteiger partial charge on any atom is -0.477 e. The molecule has 19 heavy (non-hydrogen) atoms. The Bertz CT molecular complexity index is 735. The number of fused-ring (bicyclic) bond motifs is 1. The van der Waals surface area contributed by atoms with E-state index in [2.05, 4.69) is 9.97 Å². The lowest BCUT2D eigenvalue weighted by Gasteiger charge is -2.07. The smallest absolute Gasteiger partial charge is 0.352 e. The normalized spacial score (nSPS) is 10.7. The van der Waals surface area contributed by atoms with Gasteiger partial charge in [0.25, 0.3) is 0 Å². The van der Waals surface area contributed by atoms with Crippen LogP contribution in [-0.2, 0) is 6.54 Å². The Balaban J connectivity index is 2.15. The summed E-state index contributed by atoms with van der Waals surface area (Å²) in [4.78, 5) is 19.5. The number of rotatable bonds is 3. The van der Waals surface area contributed by atoms with Crippen LogP contribution in [0.3, 0.4) is 0 Å². The van der Waals surface area contributed by atoms with Crippen LogP contribution in [0.4, 0.5) is 0 Å². The van der Waals surface area contributed by atoms with Crippen LogP contribution >= 0.6 is 0 Å². The second-order valence-electron chi connectivity index (χ2n) is 4.19. The lowest BCUT2D eigenvalue weighted by Crippen LogP contribution is -2.09. The number of carboxylic acid groups (broad SMARTS) is 1. The van der Waals surface area contributed by atoms with Gasteiger partial charge in [-0.3, -0.25) is 4.98 Å². The maximum absolute atomic E-state index is 11.3. The van der Waals surface area contributed by atoms with Gasteiger partial charge in [0.2, 0.25) is 0 Å². The second kappa shape index (κ2) is 4.53. The molecule has 0 fully saturated rings. The lowest BCUT2D eigenvalue weighted by atomic mass is 10.2. The summed E-state index contributed by atoms with van der Waals surface area (Å²) in [6, 6.07) is 9.02. The van der Waals surface area contributed by atoms with Crippen LogP contribution < -0.4 is 0 Å². The minimum absolute atomic E-state index is 0.241. The average Bonchev–Trinajstić information content (AvgIpc) is 2.79. The van der Waals surface area contributed by atoms with Crippen molar-refractivity contribution in [2.45, 2.75) is 6.54 Å². The first-order chi connectivity index (χ1) is 9.25. The Labute approximate surface area is 109 Å². The van der Waals surface area contributed by atoms with Gasteiger partial charge in [0.1, 0.15) is 11.3 Å². The van der Waals surface area contributed by atoms with E-state index >= 15 is 0 Å². The highest BCUT2D eigenvalue weighted by Gasteiger charge is 2.15. The number of aromatic carboxylic acids is 1. The van der Waals surface area contributed by atoms with Gasteiger partial charge in [-0.1, -0.05) is 0 Å². The predicted octanol–water partition coefficient (Wildman–Crippen LogP) is 2.18. The molecule has 0 aliphatic rings. The molecule has 0 aliphatic heterocycles. The number of nitrogens with zero attached hydrogens (tertiary/aromatic N) is 3. The fourth-order valence-electron chi connectivity index (χ4n) is 2.09. The molecule has 3 aromatic heterocycles. The summed E-state index contributed by atoms with van der Waals surface area (Å²) in [5.74, 6) is -0.952. The summed E-state index contributed by atoms with van der Waals surface area (Å²) in [6.45, 7) is 0.463. The first-order valence-corrected chi connectivity index (χ1v) is 5.82. The molecular weight excluding hydrogens is 242 g/mol. The van der Waals surface area contributed by atoms with Crippen molar-refractivity contribution in [1.29, 1.82) is 0 Å². The van der Waals surface area contributed by atoms with E-state index in [0.29, 0.717) is 12.2 Å². The molecule has 1 N–H and O–H groups in total. The van der Waals surface area contributed by atoms with Crippen molar-refractivity contribution in [1.82, 2.24) is 14.5 Å². The Morgan fingerprint density at radius 2 is 2.00 bits per heavy atom. The van der Waals surface area contributed by atoms with Crippen LogP contribution in [-0.4, -0.2) is 25.6 Å². The number of hydrogen-bond acceptors (Lipinski definition) is 3. The first kappa shape index (κ1) is 11.4. The lowest BCUT2D eigenvalue weighted by molar-refractivity contribution is 0.0686. The summed E-state index contributed by atoms with van der Waals surface area (Å²) in [6.07, 6.45) is 5.04. The molecule has 0 spiro atoms. The predicted molar refractivity (Wildman–Crippen MR) is 70.0 cm³/mol. The van der Waals surface area contributed by atoms with Gasteiger partial charge >= 0.3 is 5.97 Å². The Kier molecular flexibility index (Phi) is 2.72. The molecule has 0 bridgehead atoms. The largest absolute Gasteiger partial charge is 0.477 e. The van der Waals surface area contributed by atoms with E-state index in [1.165, 1.54) is 0 Å². The summed E-state index contributed by atoms with van der Waals surface area (Å²) in [7, 11) is 0. The van der Waals surface area contributed by atoms with Crippen LogP contribution in [0.2, 0.25) is 0 Å². The average molecular weight is 253 g/mol. The highest BCUT2D eigenvalue weighted by molar-refractivity contribution is 5.93. The number of hydrogen-bond donors (Lipinski definition) is 1. The van der Waals surface area contributed by atoms with Gasteiger partial charge in [0.05, 0.1) is 0 Å². The van der Waals surface area contributed by atoms with Gasteiger partial charge in [0, 0.05) is 30.5 Å². The molecule has 3 heterocycles. The number of aromatic nitrogens is 3. The molecular formula is C14H11N3O2. The molecule has 94 valence electrons. The third kappa shape index (κ3) is 2.06. The van der Waals surface area contributed by atoms with Crippen molar-refractivity contribution in [2.75, 3.05) is 0 Å². The Hall–Kier alpha value is -2.69. The van der Waals surface area contributed by atoms with Crippen molar-refractivity contribution in [3.8, 4) is 0 Å². The van der Waals surface area contributed by atoms with Crippen LogP contribution in [0.25, 0.3) is 11.0 Å². The molecule has 0 radical (unpaired) electrons. The number of carbonyl (C=O) groups is 1. The maximum atomic E-state index is 11.3. The van der Waals surface area contributed by atoms with Gasteiger partial charge < -0.3 is 9.67 Å². The van der Waals surface area contributed by atoms with E-state index in [1.54, 1.807) is 35.3 Å². The summed E-state index contributed by atoms with van der Waals surface area (Å²) in [5, 5.41) is 10.1. The van der Waals surface area contributed by atoms with E-state index in [0.717, 1.165) is 10.9 Å². The molecule has 0 amide bonds. The maximum Gasteiger partial charge on any atom is 0.352 e. The standard InChI is InChI=1S/C14H11N3O2/c18-14(19)12-8-11-2-1-5-16-13(11)17(12)9-10-3-6-15-7-4-10/h1-8H,9H2,(H,18,19). The summed E-state index contributed by atoms with van der Waals surface area (Å²) < 4.78 is 1.70. The molecule has 3 aromatic rings. The first-order valence-electron chi connectivity index (χ1n) is 5.82. The molecule has 0 unspecified atom stereocenters. The van der Waals surface area contributed by atoms with Crippen molar-refractivity contribution < 1.29 is 9.90 Å². The Morgan fingerprint density at radius 3 is 2.74 bits per heavy atom. The van der Waals surface area contributed by atoms with Gasteiger partial charge in [-0.2, -0.15) is 0 Å². The van der Waals surface area contributed by atoms with E-state index in [4.69, 9.17) is 0 Å². The van der Waals surface area contributed by atoms with Crippen LogP contribution in [0, 0.1) is 0 Å². The molecule has 0 saturated carbocycles. The highest BCUT2D eigenvalue weighted by atomic mass is 16.4. The van der Waals surface area contributed by atoms with E-state index in [-0.39, 0.29) is 5.69 Å². The van der Waals surface area contributed by atoms with Gasteiger partial charge in [0.15, 0.2) is 0 Å². The van der Waals surface area contributed by atoms with Crippen molar-refractivity contribution in [2.24, 2.45) is 0 Å². The number of carboxylic acids is 1. The van der Waals surface area contributed by atoms with Gasteiger partial charge in [-0.25, -0.2) is 9.78 Å². The van der Waals surface area contributed by atoms with E-state index in [9.17, 15) is 9.90 Å².